The van der Waals surface area contributed by atoms with E-state index in [0.29, 0.717) is 55.1 Å². The number of piperidine rings is 1. The molecule has 0 aromatic rings. The average Bonchev–Trinajstić information content (AvgIpc) is 2.63. The van der Waals surface area contributed by atoms with E-state index < -0.39 is 15.5 Å². The number of alkyl halides is 3. The molecular formula is C17H33F3N4O3S. The van der Waals surface area contributed by atoms with Crippen molar-refractivity contribution in [2.75, 3.05) is 39.3 Å². The number of nitrogens with one attached hydrogen (secondary N) is 2. The van der Waals surface area contributed by atoms with Gasteiger partial charge in [-0.15, -0.1) is 0 Å². The van der Waals surface area contributed by atoms with Crippen LogP contribution in [0.15, 0.2) is 4.99 Å². The minimum absolute atomic E-state index is 0.0763. The Bertz CT molecular complexity index is 571. The van der Waals surface area contributed by atoms with Crippen LogP contribution in [0.5, 0.6) is 0 Å². The molecule has 1 saturated heterocycles. The Hall–Kier alpha value is -1.07. The molecule has 1 fully saturated rings. The van der Waals surface area contributed by atoms with Gasteiger partial charge in [-0.1, -0.05) is 13.3 Å². The normalized spacial score (nSPS) is 18.9. The standard InChI is InChI=1S/C17H33F3N4O3S/c1-3-5-14(8-11-25)12-22-16(21-4-2)23-13-15-6-9-24(10-7-15)28(26,27)17(18,19)20/h14-15,25H,3-13H2,1-2H3,(H2,21,22,23). The smallest absolute Gasteiger partial charge is 0.396 e. The molecule has 11 heteroatoms. The van der Waals surface area contributed by atoms with Crippen molar-refractivity contribution < 1.29 is 26.7 Å². The fourth-order valence-corrected chi connectivity index (χ4v) is 4.21. The fraction of sp³-hybridized carbons (Fsp3) is 0.941. The summed E-state index contributed by atoms with van der Waals surface area (Å²) in [5, 5.41) is 15.5. The SMILES string of the molecule is CCCC(CCO)CN=C(NCC)NCC1CCN(S(=O)(=O)C(F)(F)F)CC1. The van der Waals surface area contributed by atoms with Gasteiger partial charge in [0.05, 0.1) is 0 Å². The number of hydrogen-bond acceptors (Lipinski definition) is 4. The topological polar surface area (TPSA) is 94.0 Å². The molecule has 166 valence electrons. The molecule has 0 aliphatic carbocycles. The van der Waals surface area contributed by atoms with Crippen LogP contribution in [0.1, 0.15) is 46.0 Å². The van der Waals surface area contributed by atoms with Crippen LogP contribution >= 0.6 is 0 Å². The van der Waals surface area contributed by atoms with Gasteiger partial charge in [0, 0.05) is 39.3 Å². The van der Waals surface area contributed by atoms with Crippen molar-refractivity contribution in [2.45, 2.75) is 51.5 Å². The van der Waals surface area contributed by atoms with Crippen LogP contribution < -0.4 is 10.6 Å². The number of hydrogen-bond donors (Lipinski definition) is 3. The molecule has 0 bridgehead atoms. The number of sulfonamides is 1. The van der Waals surface area contributed by atoms with Crippen LogP contribution in [-0.2, 0) is 10.0 Å². The first kappa shape index (κ1) is 25.0. The monoisotopic (exact) mass is 430 g/mol. The fourth-order valence-electron chi connectivity index (χ4n) is 3.22. The summed E-state index contributed by atoms with van der Waals surface area (Å²) in [6.07, 6.45) is 3.43. The Kier molecular flexibility index (Phi) is 10.5. The lowest BCUT2D eigenvalue weighted by molar-refractivity contribution is -0.0496. The van der Waals surface area contributed by atoms with E-state index in [4.69, 9.17) is 5.11 Å². The van der Waals surface area contributed by atoms with Gasteiger partial charge >= 0.3 is 15.5 Å². The Labute approximate surface area is 165 Å². The third kappa shape index (κ3) is 7.75. The lowest BCUT2D eigenvalue weighted by atomic mass is 9.98. The molecular weight excluding hydrogens is 397 g/mol. The molecule has 0 aromatic carbocycles. The zero-order valence-corrected chi connectivity index (χ0v) is 17.4. The number of aliphatic hydroxyl groups excluding tert-OH is 1. The molecule has 0 amide bonds. The maximum absolute atomic E-state index is 12.6. The van der Waals surface area contributed by atoms with Crippen LogP contribution in [0.2, 0.25) is 0 Å². The first-order valence-corrected chi connectivity index (χ1v) is 11.3. The molecule has 1 aliphatic heterocycles. The van der Waals surface area contributed by atoms with Gasteiger partial charge in [-0.3, -0.25) is 4.99 Å². The van der Waals surface area contributed by atoms with Gasteiger partial charge in [0.2, 0.25) is 0 Å². The van der Waals surface area contributed by atoms with E-state index in [2.05, 4.69) is 22.5 Å². The van der Waals surface area contributed by atoms with Crippen LogP contribution in [0.25, 0.3) is 0 Å². The van der Waals surface area contributed by atoms with Crippen LogP contribution in [-0.4, -0.2) is 68.6 Å². The maximum atomic E-state index is 12.6. The average molecular weight is 431 g/mol. The van der Waals surface area contributed by atoms with E-state index in [1.165, 1.54) is 0 Å². The van der Waals surface area contributed by atoms with E-state index in [9.17, 15) is 21.6 Å². The zero-order chi connectivity index (χ0) is 21.2. The van der Waals surface area contributed by atoms with Crippen LogP contribution in [0.3, 0.4) is 0 Å². The predicted octanol–water partition coefficient (Wildman–Crippen LogP) is 1.90. The van der Waals surface area contributed by atoms with Crippen molar-refractivity contribution in [1.29, 1.82) is 0 Å². The van der Waals surface area contributed by atoms with Crippen LogP contribution in [0.4, 0.5) is 13.2 Å². The lowest BCUT2D eigenvalue weighted by Gasteiger charge is -2.31. The number of rotatable bonds is 10. The summed E-state index contributed by atoms with van der Waals surface area (Å²) in [5.74, 6) is 1.01. The minimum Gasteiger partial charge on any atom is -0.396 e. The number of aliphatic imine (C=N–C) groups is 1. The summed E-state index contributed by atoms with van der Waals surface area (Å²) < 4.78 is 61.3. The van der Waals surface area contributed by atoms with Gasteiger partial charge in [-0.25, -0.2) is 8.42 Å². The van der Waals surface area contributed by atoms with E-state index in [1.54, 1.807) is 0 Å². The van der Waals surface area contributed by atoms with Gasteiger partial charge in [0.1, 0.15) is 0 Å². The second-order valence-corrected chi connectivity index (χ2v) is 8.99. The number of aliphatic hydroxyl groups is 1. The highest BCUT2D eigenvalue weighted by atomic mass is 32.2. The van der Waals surface area contributed by atoms with Gasteiger partial charge in [0.25, 0.3) is 0 Å². The van der Waals surface area contributed by atoms with Crippen LogP contribution in [0, 0.1) is 11.8 Å². The summed E-state index contributed by atoms with van der Waals surface area (Å²) >= 11 is 0. The third-order valence-corrected chi connectivity index (χ3v) is 6.48. The third-order valence-electron chi connectivity index (χ3n) is 4.85. The molecule has 0 saturated carbocycles. The summed E-state index contributed by atoms with van der Waals surface area (Å²) in [5.41, 5.74) is -5.24. The minimum atomic E-state index is -5.24. The summed E-state index contributed by atoms with van der Waals surface area (Å²) in [4.78, 5) is 4.55. The van der Waals surface area contributed by atoms with Crippen molar-refractivity contribution in [1.82, 2.24) is 14.9 Å². The summed E-state index contributed by atoms with van der Waals surface area (Å²) in [6.45, 7) is 5.68. The summed E-state index contributed by atoms with van der Waals surface area (Å²) in [7, 11) is -5.24. The summed E-state index contributed by atoms with van der Waals surface area (Å²) in [6, 6.07) is 0. The van der Waals surface area contributed by atoms with Gasteiger partial charge in [0.15, 0.2) is 5.96 Å². The zero-order valence-electron chi connectivity index (χ0n) is 16.6. The predicted molar refractivity (Wildman–Crippen MR) is 103 cm³/mol. The highest BCUT2D eigenvalue weighted by molar-refractivity contribution is 7.90. The molecule has 1 aliphatic rings. The second-order valence-electron chi connectivity index (χ2n) is 7.06. The number of guanidine groups is 1. The molecule has 0 aromatic heterocycles. The molecule has 7 nitrogen and oxygen atoms in total. The first-order chi connectivity index (χ1) is 13.2. The molecule has 1 unspecified atom stereocenters. The van der Waals surface area contributed by atoms with Crippen molar-refractivity contribution in [3.8, 4) is 0 Å². The number of halogens is 3. The lowest BCUT2D eigenvalue weighted by Crippen LogP contribution is -2.47. The molecule has 0 spiro atoms. The Balaban J connectivity index is 2.53. The van der Waals surface area contributed by atoms with Gasteiger partial charge < -0.3 is 15.7 Å². The van der Waals surface area contributed by atoms with E-state index in [1.807, 2.05) is 6.92 Å². The van der Waals surface area contributed by atoms with E-state index >= 15 is 0 Å². The Morgan fingerprint density at radius 2 is 1.86 bits per heavy atom. The number of nitrogens with zero attached hydrogens (tertiary/aromatic N) is 2. The highest BCUT2D eigenvalue weighted by Gasteiger charge is 2.50. The van der Waals surface area contributed by atoms with Crippen molar-refractivity contribution >= 4 is 16.0 Å². The maximum Gasteiger partial charge on any atom is 0.511 e. The van der Waals surface area contributed by atoms with E-state index in [0.717, 1.165) is 12.8 Å². The van der Waals surface area contributed by atoms with Crippen molar-refractivity contribution in [2.24, 2.45) is 16.8 Å². The quantitative estimate of drug-likeness (QED) is 0.364. The Morgan fingerprint density at radius 3 is 2.36 bits per heavy atom. The highest BCUT2D eigenvalue weighted by Crippen LogP contribution is 2.30. The van der Waals surface area contributed by atoms with Gasteiger partial charge in [-0.2, -0.15) is 17.5 Å². The molecule has 1 atom stereocenters. The molecule has 0 radical (unpaired) electrons. The molecule has 1 rings (SSSR count). The molecule has 1 heterocycles. The second kappa shape index (κ2) is 11.8. The van der Waals surface area contributed by atoms with Crippen molar-refractivity contribution in [3.63, 3.8) is 0 Å². The first-order valence-electron chi connectivity index (χ1n) is 9.85. The van der Waals surface area contributed by atoms with Crippen molar-refractivity contribution in [3.05, 3.63) is 0 Å². The van der Waals surface area contributed by atoms with Gasteiger partial charge in [-0.05, 0) is 44.4 Å². The molecule has 28 heavy (non-hydrogen) atoms. The Morgan fingerprint density at radius 1 is 1.21 bits per heavy atom. The molecule has 3 N–H and O–H groups in total. The van der Waals surface area contributed by atoms with E-state index in [-0.39, 0.29) is 25.6 Å². The largest absolute Gasteiger partial charge is 0.511 e.